The Balaban J connectivity index is 1.62. The maximum atomic E-state index is 13.3. The fraction of sp³-hybridized carbons (Fsp3) is 0.360. The minimum Gasteiger partial charge on any atom is -0.307 e. The number of hydrogen-bond donors (Lipinski definition) is 1. The van der Waals surface area contributed by atoms with Gasteiger partial charge in [-0.25, -0.2) is 0 Å². The molecule has 6 rings (SSSR count). The first-order valence-corrected chi connectivity index (χ1v) is 12.1. The van der Waals surface area contributed by atoms with Crippen LogP contribution in [0.4, 0.5) is 5.00 Å². The number of ketones is 1. The number of pyridine rings is 1. The maximum Gasteiger partial charge on any atom is 0.260 e. The minimum absolute atomic E-state index is 0.0865. The molecule has 0 fully saturated rings. The summed E-state index contributed by atoms with van der Waals surface area (Å²) in [5.41, 5.74) is 4.75. The molecule has 0 bridgehead atoms. The fourth-order valence-corrected chi connectivity index (χ4v) is 7.00. The zero-order valence-electron chi connectivity index (χ0n) is 17.6. The van der Waals surface area contributed by atoms with Crippen molar-refractivity contribution >= 4 is 28.0 Å². The Morgan fingerprint density at radius 1 is 1.12 bits per heavy atom. The van der Waals surface area contributed by atoms with Crippen molar-refractivity contribution < 1.29 is 9.59 Å². The highest BCUT2D eigenvalue weighted by atomic mass is 32.1. The van der Waals surface area contributed by atoms with Crippen molar-refractivity contribution in [2.45, 2.75) is 57.3 Å². The number of nitriles is 1. The van der Waals surface area contributed by atoms with Gasteiger partial charge in [0.2, 0.25) is 0 Å². The van der Waals surface area contributed by atoms with E-state index in [-0.39, 0.29) is 11.7 Å². The van der Waals surface area contributed by atoms with Crippen LogP contribution < -0.4 is 10.2 Å². The Hall–Kier alpha value is -3.24. The Morgan fingerprint density at radius 2 is 2.00 bits per heavy atom. The predicted octanol–water partition coefficient (Wildman–Crippen LogP) is 4.50. The van der Waals surface area contributed by atoms with Crippen LogP contribution in [0.5, 0.6) is 0 Å². The molecule has 0 saturated carbocycles. The van der Waals surface area contributed by atoms with Gasteiger partial charge in [-0.15, -0.1) is 11.3 Å². The monoisotopic (exact) mass is 442 g/mol. The molecule has 2 aromatic heterocycles. The number of Topliss-reactive ketones (excluding diaryl/α,β-unsaturated/α-hetero) is 1. The van der Waals surface area contributed by atoms with Gasteiger partial charge in [0.05, 0.1) is 23.1 Å². The lowest BCUT2D eigenvalue weighted by molar-refractivity contribution is -0.116. The van der Waals surface area contributed by atoms with E-state index in [0.717, 1.165) is 65.9 Å². The lowest BCUT2D eigenvalue weighted by Gasteiger charge is -2.42. The number of anilines is 1. The molecule has 0 spiro atoms. The Bertz CT molecular complexity index is 1260. The average molecular weight is 443 g/mol. The molecule has 6 nitrogen and oxygen atoms in total. The average Bonchev–Trinajstić information content (AvgIpc) is 3.02. The quantitative estimate of drug-likeness (QED) is 0.657. The van der Waals surface area contributed by atoms with Gasteiger partial charge in [-0.3, -0.25) is 19.5 Å². The van der Waals surface area contributed by atoms with E-state index in [1.165, 1.54) is 11.3 Å². The lowest BCUT2D eigenvalue weighted by Crippen LogP contribution is -2.46. The molecule has 1 amide bonds. The van der Waals surface area contributed by atoms with Gasteiger partial charge in [-0.2, -0.15) is 5.26 Å². The van der Waals surface area contributed by atoms with Crippen molar-refractivity contribution in [1.82, 2.24) is 10.3 Å². The summed E-state index contributed by atoms with van der Waals surface area (Å²) in [6.45, 7) is 0. The first kappa shape index (κ1) is 19.4. The van der Waals surface area contributed by atoms with E-state index in [0.29, 0.717) is 23.4 Å². The van der Waals surface area contributed by atoms with Gasteiger partial charge in [-0.1, -0.05) is 12.5 Å². The van der Waals surface area contributed by atoms with Crippen LogP contribution in [0, 0.1) is 11.3 Å². The van der Waals surface area contributed by atoms with E-state index in [9.17, 15) is 14.9 Å². The van der Waals surface area contributed by atoms with Crippen molar-refractivity contribution in [3.05, 3.63) is 68.8 Å². The van der Waals surface area contributed by atoms with Gasteiger partial charge in [0.1, 0.15) is 10.8 Å². The predicted molar refractivity (Wildman–Crippen MR) is 121 cm³/mol. The molecule has 4 heterocycles. The van der Waals surface area contributed by atoms with Crippen molar-refractivity contribution in [1.29, 1.82) is 5.26 Å². The zero-order chi connectivity index (χ0) is 21.8. The van der Waals surface area contributed by atoms with Gasteiger partial charge < -0.3 is 5.32 Å². The minimum atomic E-state index is -0.498. The third-order valence-corrected chi connectivity index (χ3v) is 8.23. The molecule has 0 radical (unpaired) electrons. The van der Waals surface area contributed by atoms with Gasteiger partial charge in [0.25, 0.3) is 5.91 Å². The number of nitrogens with one attached hydrogen (secondary N) is 1. The van der Waals surface area contributed by atoms with Crippen LogP contribution in [0.25, 0.3) is 0 Å². The molecule has 2 aliphatic heterocycles. The number of amides is 1. The van der Waals surface area contributed by atoms with Crippen molar-refractivity contribution in [3.8, 4) is 6.07 Å². The van der Waals surface area contributed by atoms with E-state index in [1.54, 1.807) is 23.7 Å². The van der Waals surface area contributed by atoms with Crippen molar-refractivity contribution in [2.75, 3.05) is 4.90 Å². The van der Waals surface area contributed by atoms with Crippen LogP contribution in [-0.4, -0.2) is 16.7 Å². The summed E-state index contributed by atoms with van der Waals surface area (Å²) < 4.78 is 0. The molecule has 0 aromatic carbocycles. The maximum absolute atomic E-state index is 13.3. The lowest BCUT2D eigenvalue weighted by atomic mass is 9.75. The molecule has 0 unspecified atom stereocenters. The Labute approximate surface area is 190 Å². The molecule has 1 atom stereocenters. The molecule has 2 aromatic rings. The van der Waals surface area contributed by atoms with Crippen molar-refractivity contribution in [2.24, 2.45) is 0 Å². The number of allylic oxidation sites excluding steroid dienone is 3. The highest BCUT2D eigenvalue weighted by molar-refractivity contribution is 7.17. The SMILES string of the molecule is N#CC1=C2NC(=O)c3c(sc4c3CCCCC4)N2C2=C(C(=O)CCC2)[C@H]1c1cccnc1. The molecular formula is C25H22N4O2S. The summed E-state index contributed by atoms with van der Waals surface area (Å²) in [7, 11) is 0. The van der Waals surface area contributed by atoms with Gasteiger partial charge in [-0.05, 0) is 55.7 Å². The second kappa shape index (κ2) is 7.42. The smallest absolute Gasteiger partial charge is 0.260 e. The largest absolute Gasteiger partial charge is 0.307 e. The summed E-state index contributed by atoms with van der Waals surface area (Å²) >= 11 is 1.67. The molecule has 7 heteroatoms. The van der Waals surface area contributed by atoms with E-state index < -0.39 is 5.92 Å². The van der Waals surface area contributed by atoms with Gasteiger partial charge in [0, 0.05) is 35.0 Å². The second-order valence-corrected chi connectivity index (χ2v) is 9.85. The van der Waals surface area contributed by atoms with E-state index >= 15 is 0 Å². The number of aromatic nitrogens is 1. The number of hydrogen-bond acceptors (Lipinski definition) is 6. The summed E-state index contributed by atoms with van der Waals surface area (Å²) in [5.74, 6) is -0.0240. The van der Waals surface area contributed by atoms with Crippen LogP contribution in [0.2, 0.25) is 0 Å². The molecular weight excluding hydrogens is 420 g/mol. The van der Waals surface area contributed by atoms with E-state index in [2.05, 4.69) is 16.4 Å². The summed E-state index contributed by atoms with van der Waals surface area (Å²) in [5, 5.41) is 14.2. The summed E-state index contributed by atoms with van der Waals surface area (Å²) in [6.07, 6.45) is 10.7. The number of thiophene rings is 1. The van der Waals surface area contributed by atoms with E-state index in [4.69, 9.17) is 0 Å². The molecule has 2 aliphatic carbocycles. The standard InChI is InChI=1S/C25H22N4O2S/c26-12-16-20(14-6-5-11-27-13-14)22-17(8-4-9-18(22)30)29-23(16)28-24(31)21-15-7-2-1-3-10-19(15)32-25(21)29/h5-6,11,13,20H,1-4,7-10H2,(H,28,31)/t20-/m0/s1. The number of carbonyl (C=O) groups excluding carboxylic acids is 2. The number of fused-ring (bicyclic) bond motifs is 6. The molecule has 160 valence electrons. The van der Waals surface area contributed by atoms with Gasteiger partial charge >= 0.3 is 0 Å². The van der Waals surface area contributed by atoms with E-state index in [1.807, 2.05) is 17.0 Å². The first-order valence-electron chi connectivity index (χ1n) is 11.3. The first-order chi connectivity index (χ1) is 15.7. The Morgan fingerprint density at radius 3 is 2.81 bits per heavy atom. The fourth-order valence-electron chi connectivity index (χ4n) is 5.58. The van der Waals surface area contributed by atoms with Crippen LogP contribution in [-0.2, 0) is 17.6 Å². The number of rotatable bonds is 1. The highest BCUT2D eigenvalue weighted by Crippen LogP contribution is 2.52. The topological polar surface area (TPSA) is 86.1 Å². The van der Waals surface area contributed by atoms with Crippen LogP contribution in [0.3, 0.4) is 0 Å². The summed E-state index contributed by atoms with van der Waals surface area (Å²) in [4.78, 5) is 34.1. The third-order valence-electron chi connectivity index (χ3n) is 6.96. The van der Waals surface area contributed by atoms with Crippen LogP contribution in [0.15, 0.2) is 47.2 Å². The summed E-state index contributed by atoms with van der Waals surface area (Å²) in [6, 6.07) is 6.07. The number of nitrogens with zero attached hydrogens (tertiary/aromatic N) is 3. The zero-order valence-corrected chi connectivity index (χ0v) is 18.4. The molecule has 0 saturated heterocycles. The Kier molecular flexibility index (Phi) is 4.51. The van der Waals surface area contributed by atoms with Gasteiger partial charge in [0.15, 0.2) is 5.78 Å². The highest BCUT2D eigenvalue weighted by Gasteiger charge is 2.45. The van der Waals surface area contributed by atoms with Crippen molar-refractivity contribution in [3.63, 3.8) is 0 Å². The normalized spacial score (nSPS) is 22.3. The van der Waals surface area contributed by atoms with Crippen LogP contribution >= 0.6 is 11.3 Å². The number of aryl methyl sites for hydroxylation is 1. The molecule has 4 aliphatic rings. The molecule has 32 heavy (non-hydrogen) atoms. The third kappa shape index (κ3) is 2.72. The second-order valence-electron chi connectivity index (χ2n) is 8.76. The number of carbonyl (C=O) groups is 2. The van der Waals surface area contributed by atoms with Crippen LogP contribution in [0.1, 0.15) is 70.8 Å². The molecule has 1 N–H and O–H groups in total.